The molecule has 6 heterocycles. The molecule has 4 aliphatic carbocycles. The number of methoxy groups -OCH3 is 2. The van der Waals surface area contributed by atoms with Gasteiger partial charge < -0.3 is 61.3 Å². The van der Waals surface area contributed by atoms with Crippen LogP contribution in [0.5, 0.6) is 23.0 Å². The number of alkyl halides is 2. The lowest BCUT2D eigenvalue weighted by Crippen LogP contribution is -2.59. The molecule has 5 aromatic rings. The number of nitrogens with one attached hydrogen (secondary N) is 3. The quantitative estimate of drug-likeness (QED) is 0.0723. The van der Waals surface area contributed by atoms with Gasteiger partial charge in [0, 0.05) is 105 Å². The number of carbonyl (C=O) groups is 4. The summed E-state index contributed by atoms with van der Waals surface area (Å²) in [7, 11) is 3.14. The first-order chi connectivity index (χ1) is 43.9. The molecule has 4 amide bonds. The number of fused-ring (bicyclic) bond motifs is 7. The lowest BCUT2D eigenvalue weighted by molar-refractivity contribution is -0.149. The number of nitrogen functional groups attached to an aromatic ring is 2. The first-order valence-corrected chi connectivity index (χ1v) is 32.7. The fourth-order valence-corrected chi connectivity index (χ4v) is 16.2. The molecule has 3 aromatic carbocycles. The Kier molecular flexibility index (Phi) is 19.0. The molecule has 22 heteroatoms. The SMILES string of the molecule is CC(C)(C)NC(=O)[C@H]1CC[C@H]2[C@@H]3CC[C@H]4NC(=O)C=C[C@]4(C)[C@H]3CC[C@]12C.COc1cc2nc(N3CCN(C(=O)C4COc5ccccc5O4)CC3)nc(N)c2cc1OC.Nc1cccc(CN2CCC(NC(=O)[C@](O)(c3ccccc3)[C@@H]3CCC(F)(F)C3)CC2)n1. The second-order valence-corrected chi connectivity index (χ2v) is 27.9. The number of benzene rings is 3. The van der Waals surface area contributed by atoms with Gasteiger partial charge >= 0.3 is 0 Å². The Bertz CT molecular complexity index is 3520. The largest absolute Gasteiger partial charge is 0.493 e. The minimum atomic E-state index is -2.85. The number of para-hydroxylation sites is 2. The van der Waals surface area contributed by atoms with Crippen LogP contribution in [0.1, 0.15) is 117 Å². The molecule has 10 atom stereocenters. The summed E-state index contributed by atoms with van der Waals surface area (Å²) in [6.45, 7) is 15.5. The number of piperazine rings is 1. The van der Waals surface area contributed by atoms with Crippen molar-refractivity contribution in [1.82, 2.24) is 40.7 Å². The zero-order valence-corrected chi connectivity index (χ0v) is 54.1. The summed E-state index contributed by atoms with van der Waals surface area (Å²) in [6, 6.07) is 25.1. The minimum absolute atomic E-state index is 0.0661. The Labute approximate surface area is 537 Å². The van der Waals surface area contributed by atoms with Crippen molar-refractivity contribution in [2.45, 2.75) is 147 Å². The average molecular weight is 1270 g/mol. The number of ether oxygens (including phenoxy) is 4. The summed E-state index contributed by atoms with van der Waals surface area (Å²) in [4.78, 5) is 70.7. The molecule has 92 heavy (non-hydrogen) atoms. The lowest BCUT2D eigenvalue weighted by atomic mass is 9.48. The van der Waals surface area contributed by atoms with Crippen LogP contribution >= 0.6 is 0 Å². The number of likely N-dealkylation sites (tertiary alicyclic amines) is 1. The minimum Gasteiger partial charge on any atom is -0.493 e. The maximum Gasteiger partial charge on any atom is 0.267 e. The van der Waals surface area contributed by atoms with E-state index < -0.39 is 35.9 Å². The van der Waals surface area contributed by atoms with E-state index in [0.29, 0.717) is 120 Å². The highest BCUT2D eigenvalue weighted by Crippen LogP contribution is 2.65. The van der Waals surface area contributed by atoms with E-state index in [-0.39, 0.29) is 71.5 Å². The van der Waals surface area contributed by atoms with Gasteiger partial charge in [0.1, 0.15) is 18.2 Å². The van der Waals surface area contributed by atoms with Crippen molar-refractivity contribution in [3.8, 4) is 23.0 Å². The van der Waals surface area contributed by atoms with Crippen molar-refractivity contribution in [3.05, 3.63) is 108 Å². The standard InChI is InChI=1S/C24H30F2N4O2.C23H25N5O5.C23H36N2O2/c25-23(26)12-9-18(15-23)24(32,17-5-2-1-3-6-17)22(31)29-19-10-13-30(14-11-19)16-20-7-4-8-21(27)28-20;1-30-18-11-14-15(12-19(18)31-2)25-23(26-21(14)24)28-9-7-27(8-10-28)22(29)20-13-32-16-5-3-4-6-17(16)33-20;1-21(2,3)25-20(27)17-8-7-15-14-6-9-18-23(5,13-11-19(26)24-18)16(14)10-12-22(15,17)4/h1-8,18-19,32H,9-16H2,(H2,27,28)(H,29,31);3-6,11-12,20H,7-10,13H2,1-2H3,(H2,24,25,26);11,13-18H,6-10,12H2,1-5H3,(H,24,26)(H,25,27)/t18-,24+;;14-,15-,16-,17+,18+,22-,23+/m1.0/s1. The number of anilines is 3. The van der Waals surface area contributed by atoms with Crippen LogP contribution in [-0.4, -0.2) is 143 Å². The molecule has 4 saturated carbocycles. The number of halogens is 2. The Balaban J connectivity index is 0.000000142. The maximum absolute atomic E-state index is 13.9. The third-order valence-electron chi connectivity index (χ3n) is 21.1. The van der Waals surface area contributed by atoms with E-state index in [1.807, 2.05) is 35.2 Å². The fraction of sp³-hybridized carbons (Fsp3) is 0.557. The van der Waals surface area contributed by atoms with E-state index in [1.165, 1.54) is 19.3 Å². The molecule has 4 aliphatic heterocycles. The molecular weight excluding hydrogens is 1180 g/mol. The first kappa shape index (κ1) is 65.6. The molecule has 0 spiro atoms. The molecule has 0 radical (unpaired) electrons. The third kappa shape index (κ3) is 13.8. The van der Waals surface area contributed by atoms with Crippen molar-refractivity contribution in [3.63, 3.8) is 0 Å². The van der Waals surface area contributed by atoms with E-state index in [9.17, 15) is 33.1 Å². The molecule has 8 N–H and O–H groups in total. The van der Waals surface area contributed by atoms with Crippen molar-refractivity contribution in [2.24, 2.45) is 40.4 Å². The van der Waals surface area contributed by atoms with Gasteiger partial charge in [-0.15, -0.1) is 0 Å². The molecule has 20 nitrogen and oxygen atoms in total. The summed E-state index contributed by atoms with van der Waals surface area (Å²) in [6.07, 6.45) is 10.8. The van der Waals surface area contributed by atoms with Crippen molar-refractivity contribution in [2.75, 3.05) is 76.5 Å². The van der Waals surface area contributed by atoms with Crippen LogP contribution in [0, 0.1) is 40.4 Å². The monoisotopic (exact) mass is 1270 g/mol. The summed E-state index contributed by atoms with van der Waals surface area (Å²) < 4.78 is 50.2. The zero-order valence-electron chi connectivity index (χ0n) is 54.1. The summed E-state index contributed by atoms with van der Waals surface area (Å²) in [5, 5.41) is 21.6. The number of amides is 4. The van der Waals surface area contributed by atoms with Gasteiger partial charge in [0.2, 0.25) is 29.8 Å². The van der Waals surface area contributed by atoms with Crippen molar-refractivity contribution >= 4 is 52.1 Å². The van der Waals surface area contributed by atoms with Crippen LogP contribution in [0.25, 0.3) is 10.9 Å². The molecule has 6 fully saturated rings. The van der Waals surface area contributed by atoms with Gasteiger partial charge in [-0.05, 0) is 144 Å². The van der Waals surface area contributed by atoms with Gasteiger partial charge in [0.15, 0.2) is 28.6 Å². The van der Waals surface area contributed by atoms with Gasteiger partial charge in [-0.3, -0.25) is 24.1 Å². The van der Waals surface area contributed by atoms with Crippen LogP contribution in [0.4, 0.5) is 26.4 Å². The molecule has 1 unspecified atom stereocenters. The Morgan fingerprint density at radius 2 is 1.50 bits per heavy atom. The highest BCUT2D eigenvalue weighted by atomic mass is 19.3. The Morgan fingerprint density at radius 1 is 0.793 bits per heavy atom. The highest BCUT2D eigenvalue weighted by molar-refractivity contribution is 5.92. The van der Waals surface area contributed by atoms with E-state index in [0.717, 1.165) is 38.0 Å². The van der Waals surface area contributed by atoms with Gasteiger partial charge in [-0.1, -0.05) is 68.5 Å². The predicted molar refractivity (Wildman–Crippen MR) is 347 cm³/mol. The van der Waals surface area contributed by atoms with E-state index in [1.54, 1.807) is 79.8 Å². The fourth-order valence-electron chi connectivity index (χ4n) is 16.2. The number of nitrogens with two attached hydrogens (primary N) is 2. The third-order valence-corrected chi connectivity index (χ3v) is 21.1. The molecule has 494 valence electrons. The second kappa shape index (κ2) is 26.6. The molecule has 8 aliphatic rings. The topological polar surface area (TPSA) is 262 Å². The smallest absolute Gasteiger partial charge is 0.267 e. The van der Waals surface area contributed by atoms with Crippen molar-refractivity contribution in [1.29, 1.82) is 0 Å². The van der Waals surface area contributed by atoms with E-state index in [2.05, 4.69) is 76.5 Å². The first-order valence-electron chi connectivity index (χ1n) is 32.7. The summed E-state index contributed by atoms with van der Waals surface area (Å²) in [5.41, 5.74) is 12.0. The number of hydrogen-bond acceptors (Lipinski definition) is 16. The number of aromatic nitrogens is 3. The molecule has 13 rings (SSSR count). The number of nitrogens with zero attached hydrogens (tertiary/aromatic N) is 6. The number of carbonyl (C=O) groups excluding carboxylic acids is 4. The number of pyridine rings is 1. The maximum atomic E-state index is 13.9. The van der Waals surface area contributed by atoms with Gasteiger partial charge in [0.25, 0.3) is 11.8 Å². The second-order valence-electron chi connectivity index (χ2n) is 27.9. The van der Waals surface area contributed by atoms with Gasteiger partial charge in [-0.25, -0.2) is 18.7 Å². The van der Waals surface area contributed by atoms with E-state index in [4.69, 9.17) is 30.4 Å². The number of rotatable bonds is 11. The van der Waals surface area contributed by atoms with E-state index >= 15 is 0 Å². The van der Waals surface area contributed by atoms with Crippen LogP contribution in [0.15, 0.2) is 97.1 Å². The summed E-state index contributed by atoms with van der Waals surface area (Å²) in [5.74, 6) is 1.82. The number of hydrogen-bond donors (Lipinski definition) is 6. The molecular formula is C70H91F2N11O9. The van der Waals surface area contributed by atoms with Crippen LogP contribution in [0.3, 0.4) is 0 Å². The Hall–Kier alpha value is -7.85. The lowest BCUT2D eigenvalue weighted by Gasteiger charge is -2.58. The molecule has 2 saturated heterocycles. The average Bonchev–Trinajstić information content (AvgIpc) is 1.42. The van der Waals surface area contributed by atoms with Crippen molar-refractivity contribution < 1.29 is 52.0 Å². The van der Waals surface area contributed by atoms with Gasteiger partial charge in [0.05, 0.1) is 25.4 Å². The normalized spacial score (nSPS) is 28.1. The summed E-state index contributed by atoms with van der Waals surface area (Å²) >= 11 is 0. The molecule has 0 bridgehead atoms. The van der Waals surface area contributed by atoms with Crippen LogP contribution in [0.2, 0.25) is 0 Å². The predicted octanol–water partition coefficient (Wildman–Crippen LogP) is 8.60. The van der Waals surface area contributed by atoms with Crippen LogP contribution in [-0.2, 0) is 31.3 Å². The number of piperidine rings is 1. The van der Waals surface area contributed by atoms with Crippen LogP contribution < -0.4 is 51.3 Å². The van der Waals surface area contributed by atoms with Gasteiger partial charge in [-0.2, -0.15) is 4.98 Å². The zero-order chi connectivity index (χ0) is 65.3. The number of aliphatic hydroxyl groups is 1. The Morgan fingerprint density at radius 3 is 2.18 bits per heavy atom. The highest BCUT2D eigenvalue weighted by Gasteiger charge is 2.61. The molecule has 2 aromatic heterocycles.